The number of nitrogens with one attached hydrogen (secondary N) is 1. The number of rotatable bonds is 5. The Morgan fingerprint density at radius 1 is 1.11 bits per heavy atom. The summed E-state index contributed by atoms with van der Waals surface area (Å²) in [6, 6.07) is 10.0. The number of carbonyl (C=O) groups is 1. The second-order valence-electron chi connectivity index (χ2n) is 5.38. The molecular formula is C17H10Cl2F3N3O2S. The largest absolute Gasteiger partial charge is 0.417 e. The second-order valence-corrected chi connectivity index (χ2v) is 7.12. The van der Waals surface area contributed by atoms with Crippen molar-refractivity contribution >= 4 is 46.6 Å². The van der Waals surface area contributed by atoms with Gasteiger partial charge in [-0.2, -0.15) is 13.2 Å². The van der Waals surface area contributed by atoms with Crippen molar-refractivity contribution in [1.29, 1.82) is 0 Å². The molecule has 0 spiro atoms. The molecule has 146 valence electrons. The molecule has 0 radical (unpaired) electrons. The van der Waals surface area contributed by atoms with Crippen LogP contribution < -0.4 is 5.32 Å². The van der Waals surface area contributed by atoms with Crippen LogP contribution in [0, 0.1) is 0 Å². The van der Waals surface area contributed by atoms with E-state index in [0.29, 0.717) is 10.6 Å². The van der Waals surface area contributed by atoms with Crippen molar-refractivity contribution in [1.82, 2.24) is 10.2 Å². The summed E-state index contributed by atoms with van der Waals surface area (Å²) in [6.45, 7) is 0. The highest BCUT2D eigenvalue weighted by Gasteiger charge is 2.33. The molecule has 0 unspecified atom stereocenters. The predicted molar refractivity (Wildman–Crippen MR) is 101 cm³/mol. The lowest BCUT2D eigenvalue weighted by Crippen LogP contribution is -2.15. The maximum atomic E-state index is 12.9. The summed E-state index contributed by atoms with van der Waals surface area (Å²) < 4.78 is 44.0. The highest BCUT2D eigenvalue weighted by Crippen LogP contribution is 2.36. The number of amides is 1. The summed E-state index contributed by atoms with van der Waals surface area (Å²) in [4.78, 5) is 12.0. The maximum absolute atomic E-state index is 12.9. The van der Waals surface area contributed by atoms with Crippen LogP contribution in [0.15, 0.2) is 52.1 Å². The lowest BCUT2D eigenvalue weighted by molar-refractivity contribution is -0.137. The molecule has 0 aliphatic heterocycles. The molecule has 5 nitrogen and oxygen atoms in total. The first-order valence-electron chi connectivity index (χ1n) is 7.62. The van der Waals surface area contributed by atoms with Gasteiger partial charge in [-0.15, -0.1) is 10.2 Å². The van der Waals surface area contributed by atoms with Gasteiger partial charge in [0.15, 0.2) is 0 Å². The molecule has 0 bridgehead atoms. The van der Waals surface area contributed by atoms with Crippen LogP contribution >= 0.6 is 35.0 Å². The van der Waals surface area contributed by atoms with Crippen molar-refractivity contribution in [2.45, 2.75) is 11.4 Å². The van der Waals surface area contributed by atoms with Gasteiger partial charge in [0.1, 0.15) is 0 Å². The number of anilines is 1. The summed E-state index contributed by atoms with van der Waals surface area (Å²) in [6.07, 6.45) is -4.62. The van der Waals surface area contributed by atoms with Crippen LogP contribution in [-0.4, -0.2) is 21.9 Å². The lowest BCUT2D eigenvalue weighted by Gasteiger charge is -2.11. The van der Waals surface area contributed by atoms with Crippen LogP contribution in [0.4, 0.5) is 18.9 Å². The number of thioether (sulfide) groups is 1. The van der Waals surface area contributed by atoms with Gasteiger partial charge < -0.3 is 9.73 Å². The number of aromatic nitrogens is 2. The van der Waals surface area contributed by atoms with Gasteiger partial charge in [-0.3, -0.25) is 4.79 Å². The Labute approximate surface area is 171 Å². The molecule has 1 N–H and O–H groups in total. The number of alkyl halides is 3. The molecule has 0 aliphatic rings. The van der Waals surface area contributed by atoms with E-state index in [2.05, 4.69) is 15.5 Å². The monoisotopic (exact) mass is 447 g/mol. The molecular weight excluding hydrogens is 438 g/mol. The molecule has 28 heavy (non-hydrogen) atoms. The molecule has 0 atom stereocenters. The maximum Gasteiger partial charge on any atom is 0.417 e. The highest BCUT2D eigenvalue weighted by atomic mass is 35.5. The van der Waals surface area contributed by atoms with Crippen molar-refractivity contribution in [2.75, 3.05) is 11.1 Å². The zero-order valence-electron chi connectivity index (χ0n) is 13.8. The number of nitrogens with zero attached hydrogens (tertiary/aromatic N) is 2. The Hall–Kier alpha value is -2.23. The summed E-state index contributed by atoms with van der Waals surface area (Å²) in [5, 5.41) is 10.2. The molecule has 1 amide bonds. The number of hydrogen-bond donors (Lipinski definition) is 1. The van der Waals surface area contributed by atoms with E-state index in [-0.39, 0.29) is 22.6 Å². The quantitative estimate of drug-likeness (QED) is 0.501. The van der Waals surface area contributed by atoms with Gasteiger partial charge in [0.2, 0.25) is 11.8 Å². The zero-order valence-corrected chi connectivity index (χ0v) is 16.1. The average Bonchev–Trinajstić information content (AvgIpc) is 3.10. The number of carbonyl (C=O) groups excluding carboxylic acids is 1. The van der Waals surface area contributed by atoms with E-state index in [9.17, 15) is 18.0 Å². The fraction of sp³-hybridized carbons (Fsp3) is 0.118. The molecule has 0 fully saturated rings. The first-order chi connectivity index (χ1) is 13.2. The zero-order chi connectivity index (χ0) is 20.3. The Kier molecular flexibility index (Phi) is 6.17. The molecule has 3 rings (SSSR count). The van der Waals surface area contributed by atoms with Crippen molar-refractivity contribution in [3.63, 3.8) is 0 Å². The van der Waals surface area contributed by atoms with Crippen molar-refractivity contribution < 1.29 is 22.4 Å². The van der Waals surface area contributed by atoms with Gasteiger partial charge in [-0.1, -0.05) is 47.1 Å². The second kappa shape index (κ2) is 8.42. The van der Waals surface area contributed by atoms with E-state index in [0.717, 1.165) is 23.9 Å². The average molecular weight is 448 g/mol. The van der Waals surface area contributed by atoms with Crippen molar-refractivity contribution in [3.8, 4) is 11.5 Å². The Balaban J connectivity index is 1.62. The molecule has 0 saturated heterocycles. The van der Waals surface area contributed by atoms with Crippen LogP contribution in [0.1, 0.15) is 5.56 Å². The lowest BCUT2D eigenvalue weighted by atomic mass is 10.2. The van der Waals surface area contributed by atoms with Crippen LogP contribution in [0.2, 0.25) is 10.0 Å². The van der Waals surface area contributed by atoms with E-state index in [1.807, 2.05) is 0 Å². The summed E-state index contributed by atoms with van der Waals surface area (Å²) >= 11 is 12.5. The molecule has 0 aliphatic carbocycles. The topological polar surface area (TPSA) is 68.0 Å². The summed E-state index contributed by atoms with van der Waals surface area (Å²) in [5.74, 6) is -0.493. The number of benzene rings is 2. The molecule has 1 aromatic heterocycles. The van der Waals surface area contributed by atoms with Gasteiger partial charge in [-0.25, -0.2) is 0 Å². The first-order valence-corrected chi connectivity index (χ1v) is 9.36. The minimum atomic E-state index is -4.62. The van der Waals surface area contributed by atoms with Gasteiger partial charge in [0, 0.05) is 5.69 Å². The SMILES string of the molecule is O=C(CSc1nnc(-c2ccccc2Cl)o1)Nc1ccc(Cl)c(C(F)(F)F)c1. The Bertz CT molecular complexity index is 1010. The number of halogens is 5. The van der Waals surface area contributed by atoms with E-state index < -0.39 is 22.7 Å². The predicted octanol–water partition coefficient (Wildman–Crippen LogP) is 5.79. The fourth-order valence-corrected chi connectivity index (χ4v) is 3.16. The number of hydrogen-bond acceptors (Lipinski definition) is 5. The van der Waals surface area contributed by atoms with Crippen LogP contribution in [0.5, 0.6) is 0 Å². The summed E-state index contributed by atoms with van der Waals surface area (Å²) in [5.41, 5.74) is -0.501. The van der Waals surface area contributed by atoms with Gasteiger partial charge >= 0.3 is 6.18 Å². The van der Waals surface area contributed by atoms with Gasteiger partial charge in [0.25, 0.3) is 5.22 Å². The Morgan fingerprint density at radius 2 is 1.86 bits per heavy atom. The third kappa shape index (κ3) is 4.98. The van der Waals surface area contributed by atoms with E-state index >= 15 is 0 Å². The third-order valence-electron chi connectivity index (χ3n) is 3.39. The minimum absolute atomic E-state index is 0.0235. The van der Waals surface area contributed by atoms with Crippen molar-refractivity contribution in [2.24, 2.45) is 0 Å². The standard InChI is InChI=1S/C17H10Cl2F3N3O2S/c18-12-4-2-1-3-10(12)15-24-25-16(27-15)28-8-14(26)23-9-5-6-13(19)11(7-9)17(20,21)22/h1-7H,8H2,(H,23,26). The Morgan fingerprint density at radius 3 is 2.57 bits per heavy atom. The highest BCUT2D eigenvalue weighted by molar-refractivity contribution is 7.99. The van der Waals surface area contributed by atoms with Crippen LogP contribution in [0.25, 0.3) is 11.5 Å². The van der Waals surface area contributed by atoms with E-state index in [1.54, 1.807) is 24.3 Å². The van der Waals surface area contributed by atoms with E-state index in [4.69, 9.17) is 27.6 Å². The van der Waals surface area contributed by atoms with Gasteiger partial charge in [-0.05, 0) is 30.3 Å². The molecule has 3 aromatic rings. The molecule has 0 saturated carbocycles. The van der Waals surface area contributed by atoms with Gasteiger partial charge in [0.05, 0.1) is 26.9 Å². The summed E-state index contributed by atoms with van der Waals surface area (Å²) in [7, 11) is 0. The first kappa shape index (κ1) is 20.5. The smallest absolute Gasteiger partial charge is 0.411 e. The molecule has 2 aromatic carbocycles. The molecule has 11 heteroatoms. The molecule has 1 heterocycles. The van der Waals surface area contributed by atoms with E-state index in [1.165, 1.54) is 6.07 Å². The van der Waals surface area contributed by atoms with Crippen molar-refractivity contribution in [3.05, 3.63) is 58.1 Å². The normalized spacial score (nSPS) is 11.5. The van der Waals surface area contributed by atoms with Crippen LogP contribution in [-0.2, 0) is 11.0 Å². The minimum Gasteiger partial charge on any atom is -0.411 e. The van der Waals surface area contributed by atoms with Crippen LogP contribution in [0.3, 0.4) is 0 Å². The third-order valence-corrected chi connectivity index (χ3v) is 4.87. The fourth-order valence-electron chi connectivity index (χ4n) is 2.16.